The zero-order valence-corrected chi connectivity index (χ0v) is 14.9. The summed E-state index contributed by atoms with van der Waals surface area (Å²) in [6.07, 6.45) is -1.59. The summed E-state index contributed by atoms with van der Waals surface area (Å²) in [7, 11) is 3.08. The van der Waals surface area contributed by atoms with Gasteiger partial charge in [-0.25, -0.2) is 19.6 Å². The third-order valence-corrected chi connectivity index (χ3v) is 4.76. The van der Waals surface area contributed by atoms with E-state index >= 15 is 0 Å². The van der Waals surface area contributed by atoms with Crippen molar-refractivity contribution in [1.29, 1.82) is 0 Å². The van der Waals surface area contributed by atoms with Crippen LogP contribution in [0.3, 0.4) is 0 Å². The van der Waals surface area contributed by atoms with Crippen molar-refractivity contribution in [3.8, 4) is 10.4 Å². The Morgan fingerprint density at radius 2 is 1.42 bits per heavy atom. The molecule has 0 saturated carbocycles. The van der Waals surface area contributed by atoms with Crippen LogP contribution in [0.1, 0.15) is 25.9 Å². The van der Waals surface area contributed by atoms with Gasteiger partial charge in [-0.05, 0) is 13.8 Å². The minimum absolute atomic E-state index is 0.00947. The third kappa shape index (κ3) is 3.86. The van der Waals surface area contributed by atoms with Crippen LogP contribution in [0.25, 0.3) is 0 Å². The van der Waals surface area contributed by atoms with E-state index in [1.165, 1.54) is 19.0 Å². The van der Waals surface area contributed by atoms with Gasteiger partial charge in [-0.2, -0.15) is 0 Å². The van der Waals surface area contributed by atoms with Crippen molar-refractivity contribution in [1.82, 2.24) is 14.9 Å². The Hall–Kier alpha value is -2.53. The van der Waals surface area contributed by atoms with Gasteiger partial charge < -0.3 is 20.1 Å². The standard InChI is InChI=1S/C13H14N4O5S2/c1-5-8(23-11(15-5)21-10(14)19)7(18)9-6(2)16-12(24-9)22-13(20)17(3)4/h1-4H3,(H2,14,19). The number of ketones is 1. The molecule has 0 aliphatic rings. The van der Waals surface area contributed by atoms with Crippen LogP contribution < -0.4 is 15.2 Å². The lowest BCUT2D eigenvalue weighted by molar-refractivity contribution is 0.104. The smallest absolute Gasteiger partial charge is 0.381 e. The molecule has 0 saturated heterocycles. The number of primary amides is 1. The first-order valence-corrected chi connectivity index (χ1v) is 8.18. The van der Waals surface area contributed by atoms with Gasteiger partial charge in [0, 0.05) is 14.1 Å². The average Bonchev–Trinajstić information content (AvgIpc) is 3.00. The third-order valence-electron chi connectivity index (χ3n) is 2.69. The fraction of sp³-hybridized carbons (Fsp3) is 0.308. The molecule has 2 rings (SSSR count). The van der Waals surface area contributed by atoms with E-state index in [1.807, 2.05) is 0 Å². The van der Waals surface area contributed by atoms with E-state index in [-0.39, 0.29) is 16.2 Å². The molecular formula is C13H14N4O5S2. The second-order valence-electron chi connectivity index (χ2n) is 4.80. The molecule has 0 bridgehead atoms. The maximum Gasteiger partial charge on any atom is 0.416 e. The highest BCUT2D eigenvalue weighted by Gasteiger charge is 2.24. The van der Waals surface area contributed by atoms with Crippen LogP contribution in [0.15, 0.2) is 0 Å². The van der Waals surface area contributed by atoms with Gasteiger partial charge in [-0.3, -0.25) is 4.79 Å². The van der Waals surface area contributed by atoms with Gasteiger partial charge in [0.25, 0.3) is 10.4 Å². The van der Waals surface area contributed by atoms with Gasteiger partial charge in [0.05, 0.1) is 11.4 Å². The average molecular weight is 370 g/mol. The zero-order chi connectivity index (χ0) is 18.0. The fourth-order valence-electron chi connectivity index (χ4n) is 1.61. The molecule has 2 amide bonds. The predicted octanol–water partition coefficient (Wildman–Crippen LogP) is 1.97. The number of amides is 2. The molecule has 2 aromatic heterocycles. The molecule has 0 radical (unpaired) electrons. The molecule has 2 aromatic rings. The molecule has 0 aliphatic carbocycles. The summed E-state index contributed by atoms with van der Waals surface area (Å²) >= 11 is 1.86. The first-order chi connectivity index (χ1) is 11.2. The molecule has 0 atom stereocenters. The van der Waals surface area contributed by atoms with Crippen LogP contribution in [0, 0.1) is 13.8 Å². The Balaban J connectivity index is 2.27. The molecule has 128 valence electrons. The highest BCUT2D eigenvalue weighted by atomic mass is 32.1. The van der Waals surface area contributed by atoms with Crippen molar-refractivity contribution in [3.05, 3.63) is 21.1 Å². The Bertz CT molecular complexity index is 811. The highest BCUT2D eigenvalue weighted by molar-refractivity contribution is 7.19. The maximum atomic E-state index is 12.6. The number of ether oxygens (including phenoxy) is 2. The molecule has 0 fully saturated rings. The molecule has 2 N–H and O–H groups in total. The topological polar surface area (TPSA) is 125 Å². The van der Waals surface area contributed by atoms with E-state index in [2.05, 4.69) is 14.7 Å². The molecule has 2 heterocycles. The molecule has 0 unspecified atom stereocenters. The summed E-state index contributed by atoms with van der Waals surface area (Å²) in [5, 5.41) is 0.0649. The summed E-state index contributed by atoms with van der Waals surface area (Å²) in [5.41, 5.74) is 5.76. The number of carbonyl (C=O) groups excluding carboxylic acids is 3. The molecular weight excluding hydrogens is 356 g/mol. The second-order valence-corrected chi connectivity index (χ2v) is 6.72. The lowest BCUT2D eigenvalue weighted by Gasteiger charge is -2.07. The first-order valence-electron chi connectivity index (χ1n) is 6.55. The zero-order valence-electron chi connectivity index (χ0n) is 13.3. The number of nitrogens with zero attached hydrogens (tertiary/aromatic N) is 3. The Labute approximate surface area is 145 Å². The number of aromatic nitrogens is 2. The van der Waals surface area contributed by atoms with Crippen LogP contribution in [-0.2, 0) is 0 Å². The molecule has 9 nitrogen and oxygen atoms in total. The fourth-order valence-corrected chi connectivity index (χ4v) is 3.40. The van der Waals surface area contributed by atoms with Gasteiger partial charge in [0.1, 0.15) is 9.75 Å². The van der Waals surface area contributed by atoms with Crippen molar-refractivity contribution < 1.29 is 23.9 Å². The number of rotatable bonds is 4. The van der Waals surface area contributed by atoms with Crippen LogP contribution >= 0.6 is 22.7 Å². The lowest BCUT2D eigenvalue weighted by atomic mass is 10.2. The number of hydrogen-bond acceptors (Lipinski definition) is 9. The lowest BCUT2D eigenvalue weighted by Crippen LogP contribution is -2.25. The maximum absolute atomic E-state index is 12.6. The van der Waals surface area contributed by atoms with Gasteiger partial charge in [-0.1, -0.05) is 22.7 Å². The van der Waals surface area contributed by atoms with E-state index in [0.29, 0.717) is 21.1 Å². The SMILES string of the molecule is Cc1nc(OC(N)=O)sc1C(=O)c1sc(OC(=O)N(C)C)nc1C. The summed E-state index contributed by atoms with van der Waals surface area (Å²) in [6.45, 7) is 3.24. The Morgan fingerprint density at radius 1 is 0.958 bits per heavy atom. The highest BCUT2D eigenvalue weighted by Crippen LogP contribution is 2.32. The number of hydrogen-bond donors (Lipinski definition) is 1. The molecule has 24 heavy (non-hydrogen) atoms. The van der Waals surface area contributed by atoms with Gasteiger partial charge >= 0.3 is 12.2 Å². The van der Waals surface area contributed by atoms with Crippen molar-refractivity contribution in [2.24, 2.45) is 5.73 Å². The molecule has 0 spiro atoms. The van der Waals surface area contributed by atoms with Crippen LogP contribution in [0.2, 0.25) is 0 Å². The van der Waals surface area contributed by atoms with Crippen molar-refractivity contribution in [2.45, 2.75) is 13.8 Å². The van der Waals surface area contributed by atoms with E-state index < -0.39 is 12.2 Å². The largest absolute Gasteiger partial charge is 0.416 e. The monoisotopic (exact) mass is 370 g/mol. The van der Waals surface area contributed by atoms with E-state index in [4.69, 9.17) is 10.5 Å². The quantitative estimate of drug-likeness (QED) is 0.816. The minimum atomic E-state index is -1.00. The number of carbonyl (C=O) groups is 3. The second kappa shape index (κ2) is 6.93. The predicted molar refractivity (Wildman–Crippen MR) is 87.1 cm³/mol. The first kappa shape index (κ1) is 17.8. The molecule has 0 aliphatic heterocycles. The summed E-state index contributed by atoms with van der Waals surface area (Å²) < 4.78 is 9.74. The van der Waals surface area contributed by atoms with Crippen LogP contribution in [0.4, 0.5) is 9.59 Å². The van der Waals surface area contributed by atoms with Crippen molar-refractivity contribution >= 4 is 40.6 Å². The van der Waals surface area contributed by atoms with Gasteiger partial charge in [0.2, 0.25) is 5.78 Å². The minimum Gasteiger partial charge on any atom is -0.381 e. The molecule has 11 heteroatoms. The summed E-state index contributed by atoms with van der Waals surface area (Å²) in [5.74, 6) is -0.341. The summed E-state index contributed by atoms with van der Waals surface area (Å²) in [6, 6.07) is 0. The van der Waals surface area contributed by atoms with Crippen LogP contribution in [-0.4, -0.2) is 46.9 Å². The van der Waals surface area contributed by atoms with E-state index in [9.17, 15) is 14.4 Å². The van der Waals surface area contributed by atoms with E-state index in [1.54, 1.807) is 13.8 Å². The Kier molecular flexibility index (Phi) is 5.14. The number of aryl methyl sites for hydroxylation is 2. The van der Waals surface area contributed by atoms with Crippen molar-refractivity contribution in [3.63, 3.8) is 0 Å². The molecule has 0 aromatic carbocycles. The number of thiazole rings is 2. The van der Waals surface area contributed by atoms with E-state index in [0.717, 1.165) is 22.7 Å². The normalized spacial score (nSPS) is 10.3. The summed E-state index contributed by atoms with van der Waals surface area (Å²) in [4.78, 5) is 44.9. The Morgan fingerprint density at radius 3 is 1.83 bits per heavy atom. The number of nitrogens with two attached hydrogens (primary N) is 1. The van der Waals surface area contributed by atoms with Crippen LogP contribution in [0.5, 0.6) is 10.4 Å². The van der Waals surface area contributed by atoms with Gasteiger partial charge in [0.15, 0.2) is 0 Å². The van der Waals surface area contributed by atoms with Crippen molar-refractivity contribution in [2.75, 3.05) is 14.1 Å². The van der Waals surface area contributed by atoms with Gasteiger partial charge in [-0.15, -0.1) is 0 Å².